The number of rotatable bonds is 7. The molecule has 2 aromatic carbocycles. The molecule has 0 aliphatic carbocycles. The van der Waals surface area contributed by atoms with Crippen molar-refractivity contribution in [3.63, 3.8) is 0 Å². The molecular weight excluding hydrogens is 338 g/mol. The van der Waals surface area contributed by atoms with E-state index in [1.165, 1.54) is 20.2 Å². The fourth-order valence-electron chi connectivity index (χ4n) is 2.20. The highest BCUT2D eigenvalue weighted by Gasteiger charge is 2.16. The Morgan fingerprint density at radius 3 is 2.35 bits per heavy atom. The van der Waals surface area contributed by atoms with Gasteiger partial charge in [-0.05, 0) is 36.4 Å². The quantitative estimate of drug-likeness (QED) is 0.687. The van der Waals surface area contributed by atoms with Gasteiger partial charge in [-0.25, -0.2) is 0 Å². The van der Waals surface area contributed by atoms with Gasteiger partial charge in [0.25, 0.3) is 17.7 Å². The van der Waals surface area contributed by atoms with Crippen molar-refractivity contribution in [3.05, 3.63) is 53.6 Å². The summed E-state index contributed by atoms with van der Waals surface area (Å²) < 4.78 is 10.6. The van der Waals surface area contributed by atoms with Crippen LogP contribution in [0.2, 0.25) is 0 Å². The molecule has 0 radical (unpaired) electrons. The van der Waals surface area contributed by atoms with E-state index in [1.807, 2.05) is 0 Å². The molecule has 2 aromatic rings. The predicted octanol–water partition coefficient (Wildman–Crippen LogP) is 1.17. The molecule has 136 valence electrons. The van der Waals surface area contributed by atoms with Gasteiger partial charge >= 0.3 is 0 Å². The van der Waals surface area contributed by atoms with E-state index in [9.17, 15) is 14.4 Å². The lowest BCUT2D eigenvalue weighted by Gasteiger charge is -2.13. The fourth-order valence-corrected chi connectivity index (χ4v) is 2.20. The molecular formula is C18H19N3O5. The van der Waals surface area contributed by atoms with Crippen molar-refractivity contribution < 1.29 is 23.9 Å². The zero-order valence-electron chi connectivity index (χ0n) is 14.4. The molecule has 0 aliphatic rings. The minimum Gasteiger partial charge on any atom is -0.493 e. The van der Waals surface area contributed by atoms with Crippen molar-refractivity contribution in [1.29, 1.82) is 0 Å². The summed E-state index contributed by atoms with van der Waals surface area (Å²) in [7, 11) is 2.95. The lowest BCUT2D eigenvalue weighted by Crippen LogP contribution is -2.22. The molecule has 0 saturated heterocycles. The van der Waals surface area contributed by atoms with Gasteiger partial charge in [0.2, 0.25) is 0 Å². The van der Waals surface area contributed by atoms with Gasteiger partial charge in [0.1, 0.15) is 0 Å². The summed E-state index contributed by atoms with van der Waals surface area (Å²) >= 11 is 0. The Kier molecular flexibility index (Phi) is 6.15. The van der Waals surface area contributed by atoms with E-state index in [0.29, 0.717) is 17.0 Å². The van der Waals surface area contributed by atoms with Crippen LogP contribution in [0.4, 0.5) is 5.69 Å². The maximum atomic E-state index is 12.1. The van der Waals surface area contributed by atoms with Crippen LogP contribution in [0.1, 0.15) is 20.7 Å². The van der Waals surface area contributed by atoms with Crippen molar-refractivity contribution in [2.75, 3.05) is 26.1 Å². The number of hydrogen-bond donors (Lipinski definition) is 3. The average Bonchev–Trinajstić information content (AvgIpc) is 2.65. The number of ether oxygens (including phenoxy) is 2. The predicted molar refractivity (Wildman–Crippen MR) is 95.5 cm³/mol. The van der Waals surface area contributed by atoms with Crippen LogP contribution in [-0.2, 0) is 4.79 Å². The summed E-state index contributed by atoms with van der Waals surface area (Å²) in [5, 5.41) is 5.14. The summed E-state index contributed by atoms with van der Waals surface area (Å²) in [5.74, 6) is -0.957. The lowest BCUT2D eigenvalue weighted by molar-refractivity contribution is -0.118. The number of para-hydroxylation sites is 1. The minimum atomic E-state index is -0.691. The highest BCUT2D eigenvalue weighted by atomic mass is 16.5. The molecule has 0 atom stereocenters. The van der Waals surface area contributed by atoms with Gasteiger partial charge in [0.05, 0.1) is 12.7 Å². The summed E-state index contributed by atoms with van der Waals surface area (Å²) in [6.07, 6.45) is 0. The highest BCUT2D eigenvalue weighted by molar-refractivity contribution is 5.97. The Labute approximate surface area is 150 Å². The van der Waals surface area contributed by atoms with Crippen LogP contribution in [0.5, 0.6) is 11.5 Å². The average molecular weight is 357 g/mol. The van der Waals surface area contributed by atoms with E-state index in [2.05, 4.69) is 10.6 Å². The largest absolute Gasteiger partial charge is 0.493 e. The van der Waals surface area contributed by atoms with Gasteiger partial charge < -0.3 is 25.8 Å². The minimum absolute atomic E-state index is 0.104. The second-order valence-electron chi connectivity index (χ2n) is 5.19. The number of amides is 3. The first kappa shape index (κ1) is 18.8. The van der Waals surface area contributed by atoms with Gasteiger partial charge in [-0.1, -0.05) is 6.07 Å². The van der Waals surface area contributed by atoms with Crippen LogP contribution in [0.25, 0.3) is 0 Å². The number of nitrogens with two attached hydrogens (primary N) is 1. The Balaban J connectivity index is 2.03. The molecule has 4 N–H and O–H groups in total. The highest BCUT2D eigenvalue weighted by Crippen LogP contribution is 2.30. The summed E-state index contributed by atoms with van der Waals surface area (Å²) in [6.45, 7) is -0.349. The molecule has 0 aromatic heterocycles. The Bertz CT molecular complexity index is 818. The van der Waals surface area contributed by atoms with Gasteiger partial charge in [-0.2, -0.15) is 0 Å². The molecule has 0 heterocycles. The number of anilines is 1. The first-order chi connectivity index (χ1) is 12.5. The normalized spacial score (nSPS) is 9.92. The van der Waals surface area contributed by atoms with E-state index in [1.54, 1.807) is 36.4 Å². The maximum absolute atomic E-state index is 12.1. The molecule has 0 aliphatic heterocycles. The number of carbonyl (C=O) groups excluding carboxylic acids is 3. The number of benzene rings is 2. The third-order valence-corrected chi connectivity index (χ3v) is 3.47. The third-order valence-electron chi connectivity index (χ3n) is 3.47. The number of carbonyl (C=O) groups is 3. The topological polar surface area (TPSA) is 120 Å². The van der Waals surface area contributed by atoms with Gasteiger partial charge in [0.15, 0.2) is 18.1 Å². The van der Waals surface area contributed by atoms with Crippen LogP contribution in [-0.4, -0.2) is 38.5 Å². The smallest absolute Gasteiger partial charge is 0.262 e. The van der Waals surface area contributed by atoms with E-state index < -0.39 is 11.8 Å². The lowest BCUT2D eigenvalue weighted by atomic mass is 10.2. The molecule has 0 spiro atoms. The van der Waals surface area contributed by atoms with E-state index in [-0.39, 0.29) is 23.8 Å². The number of nitrogens with one attached hydrogen (secondary N) is 2. The zero-order valence-corrected chi connectivity index (χ0v) is 14.4. The molecule has 8 nitrogen and oxygen atoms in total. The van der Waals surface area contributed by atoms with Gasteiger partial charge in [-0.3, -0.25) is 14.4 Å². The van der Waals surface area contributed by atoms with Crippen molar-refractivity contribution in [3.8, 4) is 11.5 Å². The molecule has 2 rings (SSSR count). The number of hydrogen-bond acceptors (Lipinski definition) is 5. The van der Waals surface area contributed by atoms with Crippen molar-refractivity contribution >= 4 is 23.4 Å². The van der Waals surface area contributed by atoms with E-state index in [4.69, 9.17) is 15.2 Å². The number of methoxy groups -OCH3 is 1. The van der Waals surface area contributed by atoms with Crippen molar-refractivity contribution in [2.24, 2.45) is 5.73 Å². The summed E-state index contributed by atoms with van der Waals surface area (Å²) in [4.78, 5) is 35.0. The first-order valence-electron chi connectivity index (χ1n) is 7.68. The van der Waals surface area contributed by atoms with Crippen LogP contribution in [0.15, 0.2) is 42.5 Å². The van der Waals surface area contributed by atoms with Gasteiger partial charge in [0, 0.05) is 18.3 Å². The van der Waals surface area contributed by atoms with Crippen molar-refractivity contribution in [2.45, 2.75) is 0 Å². The maximum Gasteiger partial charge on any atom is 0.262 e. The third kappa shape index (κ3) is 4.50. The van der Waals surface area contributed by atoms with Crippen LogP contribution >= 0.6 is 0 Å². The van der Waals surface area contributed by atoms with Gasteiger partial charge in [-0.15, -0.1) is 0 Å². The van der Waals surface area contributed by atoms with Crippen LogP contribution in [0.3, 0.4) is 0 Å². The SMILES string of the molecule is CNC(=O)c1ccc(NC(=O)COc2c(OC)cccc2C(N)=O)cc1. The fraction of sp³-hybridized carbons (Fsp3) is 0.167. The molecule has 0 bridgehead atoms. The molecule has 3 amide bonds. The molecule has 0 fully saturated rings. The first-order valence-corrected chi connectivity index (χ1v) is 7.68. The summed E-state index contributed by atoms with van der Waals surface area (Å²) in [5.41, 5.74) is 6.40. The Hall–Kier alpha value is -3.55. The van der Waals surface area contributed by atoms with Crippen LogP contribution in [0, 0.1) is 0 Å². The Morgan fingerprint density at radius 2 is 1.77 bits per heavy atom. The standard InChI is InChI=1S/C18H19N3O5/c1-20-18(24)11-6-8-12(9-7-11)21-15(22)10-26-16-13(17(19)23)4-3-5-14(16)25-2/h3-9H,10H2,1-2H3,(H2,19,23)(H,20,24)(H,21,22). The molecule has 0 saturated carbocycles. The molecule has 26 heavy (non-hydrogen) atoms. The number of primary amides is 1. The summed E-state index contributed by atoms with van der Waals surface area (Å²) in [6, 6.07) is 11.0. The second kappa shape index (κ2) is 8.52. The zero-order chi connectivity index (χ0) is 19.1. The monoisotopic (exact) mass is 357 g/mol. The second-order valence-corrected chi connectivity index (χ2v) is 5.19. The molecule has 8 heteroatoms. The molecule has 0 unspecified atom stereocenters. The van der Waals surface area contributed by atoms with E-state index >= 15 is 0 Å². The van der Waals surface area contributed by atoms with E-state index in [0.717, 1.165) is 0 Å². The van der Waals surface area contributed by atoms with Crippen molar-refractivity contribution in [1.82, 2.24) is 5.32 Å². The van der Waals surface area contributed by atoms with Crippen LogP contribution < -0.4 is 25.8 Å². The Morgan fingerprint density at radius 1 is 1.08 bits per heavy atom.